The first-order valence-corrected chi connectivity index (χ1v) is 22.4. The fourth-order valence-corrected chi connectivity index (χ4v) is 9.93. The Morgan fingerprint density at radius 3 is 1.06 bits per heavy atom. The molecule has 0 aliphatic carbocycles. The Morgan fingerprint density at radius 2 is 0.561 bits per heavy atom. The minimum atomic E-state index is 0.615. The van der Waals surface area contributed by atoms with Crippen molar-refractivity contribution in [1.82, 2.24) is 19.9 Å². The maximum atomic E-state index is 5.62. The third-order valence-electron chi connectivity index (χ3n) is 13.1. The van der Waals surface area contributed by atoms with Crippen LogP contribution in [0.4, 0.5) is 0 Å². The Morgan fingerprint density at radius 1 is 0.212 bits per heavy atom. The molecule has 306 valence electrons. The van der Waals surface area contributed by atoms with Crippen molar-refractivity contribution in [1.29, 1.82) is 0 Å². The highest BCUT2D eigenvalue weighted by atomic mass is 15.0. The molecular formula is C62H38N4. The van der Waals surface area contributed by atoms with Crippen LogP contribution in [0.5, 0.6) is 0 Å². The maximum absolute atomic E-state index is 5.62. The van der Waals surface area contributed by atoms with E-state index in [4.69, 9.17) is 19.9 Å². The Bertz CT molecular complexity index is 3970. The molecule has 4 heteroatoms. The van der Waals surface area contributed by atoms with Gasteiger partial charge in [-0.2, -0.15) is 0 Å². The van der Waals surface area contributed by atoms with E-state index in [0.29, 0.717) is 17.5 Å². The molecule has 11 aromatic carbocycles. The molecule has 0 bridgehead atoms. The Kier molecular flexibility index (Phi) is 8.81. The van der Waals surface area contributed by atoms with E-state index >= 15 is 0 Å². The normalized spacial score (nSPS) is 11.6. The van der Waals surface area contributed by atoms with E-state index in [2.05, 4.69) is 170 Å². The van der Waals surface area contributed by atoms with Gasteiger partial charge in [0.05, 0.1) is 11.2 Å². The van der Waals surface area contributed by atoms with Gasteiger partial charge in [0.15, 0.2) is 17.5 Å². The zero-order chi connectivity index (χ0) is 43.6. The van der Waals surface area contributed by atoms with Gasteiger partial charge < -0.3 is 0 Å². The second-order valence-electron chi connectivity index (χ2n) is 16.9. The lowest BCUT2D eigenvalue weighted by Gasteiger charge is -2.19. The van der Waals surface area contributed by atoms with Gasteiger partial charge >= 0.3 is 0 Å². The van der Waals surface area contributed by atoms with Crippen LogP contribution in [-0.4, -0.2) is 19.9 Å². The summed E-state index contributed by atoms with van der Waals surface area (Å²) in [6.07, 6.45) is 0. The molecule has 0 radical (unpaired) electrons. The summed E-state index contributed by atoms with van der Waals surface area (Å²) in [5.41, 5.74) is 10.3. The summed E-state index contributed by atoms with van der Waals surface area (Å²) in [7, 11) is 0. The standard InChI is InChI=1S/C62H38N4/c1-3-17-40(18-4-1)60-64-61(41-19-5-2-6-20-41)66-62(65-60)42-33-31-39(32-34-42)58-38-56(54-36-44-22-8-10-24-46(44)48-26-12-14-28-50(48)54)57-37-55(51-29-15-16-30-52(51)59(57)63-58)53-35-43-21-7-9-23-45(43)47-25-11-13-27-49(47)53/h1-38H. The molecule has 0 spiro atoms. The fourth-order valence-electron chi connectivity index (χ4n) is 9.93. The number of fused-ring (bicyclic) bond motifs is 9. The van der Waals surface area contributed by atoms with Gasteiger partial charge in [-0.15, -0.1) is 0 Å². The molecule has 0 fully saturated rings. The minimum Gasteiger partial charge on any atom is -0.247 e. The van der Waals surface area contributed by atoms with Crippen LogP contribution in [0.1, 0.15) is 0 Å². The predicted molar refractivity (Wildman–Crippen MR) is 275 cm³/mol. The van der Waals surface area contributed by atoms with Crippen LogP contribution in [0.2, 0.25) is 0 Å². The average Bonchev–Trinajstić information content (AvgIpc) is 3.40. The number of rotatable bonds is 6. The highest BCUT2D eigenvalue weighted by Gasteiger charge is 2.20. The lowest BCUT2D eigenvalue weighted by molar-refractivity contribution is 1.07. The molecule has 0 saturated heterocycles. The van der Waals surface area contributed by atoms with E-state index in [1.165, 1.54) is 59.8 Å². The zero-order valence-corrected chi connectivity index (χ0v) is 35.7. The van der Waals surface area contributed by atoms with Crippen molar-refractivity contribution < 1.29 is 0 Å². The van der Waals surface area contributed by atoms with Crippen LogP contribution >= 0.6 is 0 Å². The molecule has 0 unspecified atom stereocenters. The molecule has 13 aromatic rings. The topological polar surface area (TPSA) is 51.6 Å². The van der Waals surface area contributed by atoms with E-state index in [1.807, 2.05) is 60.7 Å². The lowest BCUT2D eigenvalue weighted by Crippen LogP contribution is -2.00. The summed E-state index contributed by atoms with van der Waals surface area (Å²) in [6.45, 7) is 0. The number of nitrogens with zero attached hydrogens (tertiary/aromatic N) is 4. The van der Waals surface area contributed by atoms with Crippen LogP contribution in [0.25, 0.3) is 132 Å². The second kappa shape index (κ2) is 15.4. The molecular weight excluding hydrogens is 801 g/mol. The van der Waals surface area contributed by atoms with Crippen molar-refractivity contribution in [2.75, 3.05) is 0 Å². The molecule has 0 atom stereocenters. The van der Waals surface area contributed by atoms with Gasteiger partial charge in [0.25, 0.3) is 0 Å². The van der Waals surface area contributed by atoms with E-state index in [9.17, 15) is 0 Å². The van der Waals surface area contributed by atoms with Gasteiger partial charge in [0.1, 0.15) is 0 Å². The van der Waals surface area contributed by atoms with Crippen LogP contribution < -0.4 is 0 Å². The molecule has 2 heterocycles. The Labute approximate surface area is 381 Å². The number of hydrogen-bond acceptors (Lipinski definition) is 4. The van der Waals surface area contributed by atoms with Crippen LogP contribution in [0.15, 0.2) is 231 Å². The molecule has 2 aromatic heterocycles. The molecule has 0 amide bonds. The predicted octanol–water partition coefficient (Wildman–Crippen LogP) is 16.2. The quantitative estimate of drug-likeness (QED) is 0.157. The number of pyridine rings is 1. The summed E-state index contributed by atoms with van der Waals surface area (Å²) in [5.74, 6) is 1.88. The van der Waals surface area contributed by atoms with Crippen LogP contribution in [0, 0.1) is 0 Å². The summed E-state index contributed by atoms with van der Waals surface area (Å²) < 4.78 is 0. The summed E-state index contributed by atoms with van der Waals surface area (Å²) in [6, 6.07) is 82.0. The summed E-state index contributed by atoms with van der Waals surface area (Å²) in [4.78, 5) is 20.6. The van der Waals surface area contributed by atoms with Gasteiger partial charge in [-0.05, 0) is 95.0 Å². The first kappa shape index (κ1) is 37.7. The SMILES string of the molecule is c1ccc(-c2nc(-c3ccccc3)nc(-c3ccc(-c4cc(-c5cc6ccccc6c6ccccc56)c5cc(-c6cc7ccccc7c7ccccc67)c6ccccc6c5n4)cc3)n2)cc1. The van der Waals surface area contributed by atoms with Gasteiger partial charge in [-0.1, -0.05) is 206 Å². The highest BCUT2D eigenvalue weighted by Crippen LogP contribution is 2.45. The Balaban J connectivity index is 1.06. The number of hydrogen-bond donors (Lipinski definition) is 0. The van der Waals surface area contributed by atoms with E-state index in [1.54, 1.807) is 0 Å². The van der Waals surface area contributed by atoms with Crippen molar-refractivity contribution in [3.8, 4) is 67.7 Å². The van der Waals surface area contributed by atoms with Gasteiger partial charge in [0.2, 0.25) is 0 Å². The largest absolute Gasteiger partial charge is 0.247 e. The molecule has 0 saturated carbocycles. The maximum Gasteiger partial charge on any atom is 0.164 e. The first-order valence-electron chi connectivity index (χ1n) is 22.4. The molecule has 0 N–H and O–H groups in total. The highest BCUT2D eigenvalue weighted by molar-refractivity contribution is 6.23. The molecule has 66 heavy (non-hydrogen) atoms. The number of benzene rings is 11. The van der Waals surface area contributed by atoms with E-state index in [0.717, 1.165) is 55.2 Å². The molecule has 0 aliphatic rings. The van der Waals surface area contributed by atoms with E-state index < -0.39 is 0 Å². The third-order valence-corrected chi connectivity index (χ3v) is 13.1. The second-order valence-corrected chi connectivity index (χ2v) is 16.9. The van der Waals surface area contributed by atoms with Crippen LogP contribution in [-0.2, 0) is 0 Å². The summed E-state index contributed by atoms with van der Waals surface area (Å²) in [5, 5.41) is 13.2. The van der Waals surface area contributed by atoms with Gasteiger partial charge in [0, 0.05) is 33.0 Å². The number of aromatic nitrogens is 4. The molecule has 0 aliphatic heterocycles. The fraction of sp³-hybridized carbons (Fsp3) is 0. The Hall–Kier alpha value is -8.86. The van der Waals surface area contributed by atoms with Crippen molar-refractivity contribution >= 4 is 64.8 Å². The average molecular weight is 839 g/mol. The monoisotopic (exact) mass is 838 g/mol. The summed E-state index contributed by atoms with van der Waals surface area (Å²) >= 11 is 0. The first-order chi connectivity index (χ1) is 32.7. The molecule has 13 rings (SSSR count). The zero-order valence-electron chi connectivity index (χ0n) is 35.7. The van der Waals surface area contributed by atoms with Gasteiger partial charge in [-0.3, -0.25) is 0 Å². The van der Waals surface area contributed by atoms with Gasteiger partial charge in [-0.25, -0.2) is 19.9 Å². The van der Waals surface area contributed by atoms with Crippen molar-refractivity contribution in [2.45, 2.75) is 0 Å². The smallest absolute Gasteiger partial charge is 0.164 e. The van der Waals surface area contributed by atoms with Crippen LogP contribution in [0.3, 0.4) is 0 Å². The van der Waals surface area contributed by atoms with Crippen molar-refractivity contribution in [3.63, 3.8) is 0 Å². The van der Waals surface area contributed by atoms with Crippen molar-refractivity contribution in [3.05, 3.63) is 231 Å². The molecule has 4 nitrogen and oxygen atoms in total. The third kappa shape index (κ3) is 6.30. The minimum absolute atomic E-state index is 0.615. The van der Waals surface area contributed by atoms with E-state index in [-0.39, 0.29) is 0 Å². The van der Waals surface area contributed by atoms with Crippen molar-refractivity contribution in [2.24, 2.45) is 0 Å². The lowest BCUT2D eigenvalue weighted by atomic mass is 9.86.